The maximum atomic E-state index is 6.11. The van der Waals surface area contributed by atoms with Crippen LogP contribution >= 0.6 is 0 Å². The first kappa shape index (κ1) is 10.7. The van der Waals surface area contributed by atoms with Crippen molar-refractivity contribution >= 4 is 0 Å². The van der Waals surface area contributed by atoms with Crippen LogP contribution < -0.4 is 0 Å². The fourth-order valence-corrected chi connectivity index (χ4v) is 2.35. The maximum absolute atomic E-state index is 6.11. The van der Waals surface area contributed by atoms with Crippen molar-refractivity contribution in [1.29, 1.82) is 0 Å². The summed E-state index contributed by atoms with van der Waals surface area (Å²) >= 11 is 0. The molecule has 1 aliphatic heterocycles. The van der Waals surface area contributed by atoms with Crippen molar-refractivity contribution in [3.63, 3.8) is 0 Å². The molecule has 0 aliphatic carbocycles. The highest BCUT2D eigenvalue weighted by Gasteiger charge is 2.22. The van der Waals surface area contributed by atoms with Crippen molar-refractivity contribution in [2.45, 2.75) is 51.2 Å². The Morgan fingerprint density at radius 2 is 2.00 bits per heavy atom. The molecule has 2 rings (SSSR count). The predicted molar refractivity (Wildman–Crippen MR) is 62.8 cm³/mol. The van der Waals surface area contributed by atoms with Crippen molar-refractivity contribution in [1.82, 2.24) is 0 Å². The molecule has 0 bridgehead atoms. The van der Waals surface area contributed by atoms with E-state index in [1.165, 1.54) is 37.7 Å². The minimum absolute atomic E-state index is 0.344. The number of hydrogen-bond donors (Lipinski definition) is 0. The Hall–Kier alpha value is -0.820. The van der Waals surface area contributed by atoms with E-state index in [4.69, 9.17) is 4.74 Å². The average molecular weight is 204 g/mol. The molecule has 1 aromatic carbocycles. The maximum Gasteiger partial charge on any atom is 0.0828 e. The third-order valence-corrected chi connectivity index (χ3v) is 3.13. The molecule has 1 fully saturated rings. The molecule has 2 atom stereocenters. The molecule has 0 N–H and O–H groups in total. The van der Waals surface area contributed by atoms with Crippen LogP contribution in [0.1, 0.15) is 50.7 Å². The van der Waals surface area contributed by atoms with E-state index >= 15 is 0 Å². The molecule has 1 saturated heterocycles. The molecular formula is C14H20O. The van der Waals surface area contributed by atoms with Gasteiger partial charge in [0.15, 0.2) is 0 Å². The van der Waals surface area contributed by atoms with Crippen LogP contribution in [0.15, 0.2) is 30.3 Å². The molecule has 1 nitrogen and oxygen atoms in total. The van der Waals surface area contributed by atoms with Crippen LogP contribution in [-0.4, -0.2) is 6.10 Å². The zero-order valence-corrected chi connectivity index (χ0v) is 9.49. The quantitative estimate of drug-likeness (QED) is 0.720. The van der Waals surface area contributed by atoms with Crippen molar-refractivity contribution in [3.8, 4) is 0 Å². The minimum Gasteiger partial charge on any atom is -0.370 e. The lowest BCUT2D eigenvalue weighted by atomic mass is 9.97. The van der Waals surface area contributed by atoms with Gasteiger partial charge in [0.05, 0.1) is 12.2 Å². The largest absolute Gasteiger partial charge is 0.370 e. The van der Waals surface area contributed by atoms with E-state index < -0.39 is 0 Å². The van der Waals surface area contributed by atoms with Gasteiger partial charge < -0.3 is 4.74 Å². The summed E-state index contributed by atoms with van der Waals surface area (Å²) in [6.45, 7) is 2.23. The van der Waals surface area contributed by atoms with Gasteiger partial charge in [0.1, 0.15) is 0 Å². The SMILES string of the molecule is CCC[C@H]1CCC[C@@H](c2ccccc2)O1. The average Bonchev–Trinajstić information content (AvgIpc) is 2.31. The summed E-state index contributed by atoms with van der Waals surface area (Å²) in [6, 6.07) is 10.6. The molecular weight excluding hydrogens is 184 g/mol. The van der Waals surface area contributed by atoms with Crippen LogP contribution in [0.25, 0.3) is 0 Å². The highest BCUT2D eigenvalue weighted by atomic mass is 16.5. The number of rotatable bonds is 3. The Morgan fingerprint density at radius 3 is 2.73 bits per heavy atom. The number of ether oxygens (including phenoxy) is 1. The van der Waals surface area contributed by atoms with E-state index in [0.29, 0.717) is 12.2 Å². The van der Waals surface area contributed by atoms with Gasteiger partial charge >= 0.3 is 0 Å². The van der Waals surface area contributed by atoms with E-state index in [-0.39, 0.29) is 0 Å². The molecule has 1 aromatic rings. The minimum atomic E-state index is 0.344. The number of hydrogen-bond acceptors (Lipinski definition) is 1. The van der Waals surface area contributed by atoms with Crippen LogP contribution in [0, 0.1) is 0 Å². The Bertz CT molecular complexity index is 279. The van der Waals surface area contributed by atoms with E-state index in [1.54, 1.807) is 0 Å². The van der Waals surface area contributed by atoms with Gasteiger partial charge in [0.2, 0.25) is 0 Å². The normalized spacial score (nSPS) is 26.5. The Balaban J connectivity index is 1.98. The second-order valence-corrected chi connectivity index (χ2v) is 4.38. The monoisotopic (exact) mass is 204 g/mol. The smallest absolute Gasteiger partial charge is 0.0828 e. The molecule has 0 radical (unpaired) electrons. The second-order valence-electron chi connectivity index (χ2n) is 4.38. The highest BCUT2D eigenvalue weighted by molar-refractivity contribution is 5.17. The molecule has 0 amide bonds. The topological polar surface area (TPSA) is 9.23 Å². The van der Waals surface area contributed by atoms with Gasteiger partial charge in [-0.1, -0.05) is 43.7 Å². The Kier molecular flexibility index (Phi) is 3.79. The first-order valence-electron chi connectivity index (χ1n) is 6.10. The van der Waals surface area contributed by atoms with Gasteiger partial charge in [-0.15, -0.1) is 0 Å². The summed E-state index contributed by atoms with van der Waals surface area (Å²) in [7, 11) is 0. The Morgan fingerprint density at radius 1 is 1.20 bits per heavy atom. The van der Waals surface area contributed by atoms with Gasteiger partial charge in [-0.05, 0) is 31.2 Å². The molecule has 1 heteroatoms. The molecule has 1 aliphatic rings. The fraction of sp³-hybridized carbons (Fsp3) is 0.571. The fourth-order valence-electron chi connectivity index (χ4n) is 2.35. The Labute approximate surface area is 92.5 Å². The van der Waals surface area contributed by atoms with E-state index in [1.807, 2.05) is 0 Å². The molecule has 15 heavy (non-hydrogen) atoms. The molecule has 82 valence electrons. The first-order chi connectivity index (χ1) is 7.40. The summed E-state index contributed by atoms with van der Waals surface area (Å²) in [5, 5.41) is 0. The van der Waals surface area contributed by atoms with Gasteiger partial charge in [0.25, 0.3) is 0 Å². The molecule has 1 heterocycles. The molecule has 0 spiro atoms. The van der Waals surface area contributed by atoms with Crippen molar-refractivity contribution in [2.24, 2.45) is 0 Å². The van der Waals surface area contributed by atoms with Crippen molar-refractivity contribution < 1.29 is 4.74 Å². The van der Waals surface area contributed by atoms with Crippen molar-refractivity contribution in [2.75, 3.05) is 0 Å². The summed E-state index contributed by atoms with van der Waals surface area (Å²) < 4.78 is 6.11. The third kappa shape index (κ3) is 2.82. The van der Waals surface area contributed by atoms with Crippen LogP contribution in [0.5, 0.6) is 0 Å². The lowest BCUT2D eigenvalue weighted by Gasteiger charge is -2.30. The lowest BCUT2D eigenvalue weighted by Crippen LogP contribution is -2.22. The highest BCUT2D eigenvalue weighted by Crippen LogP contribution is 2.32. The summed E-state index contributed by atoms with van der Waals surface area (Å²) in [5.41, 5.74) is 1.35. The van der Waals surface area contributed by atoms with Crippen LogP contribution in [0.3, 0.4) is 0 Å². The number of benzene rings is 1. The van der Waals surface area contributed by atoms with E-state index in [2.05, 4.69) is 37.3 Å². The summed E-state index contributed by atoms with van der Waals surface area (Å²) in [5.74, 6) is 0. The predicted octanol–water partition coefficient (Wildman–Crippen LogP) is 4.10. The molecule has 0 aromatic heterocycles. The summed E-state index contributed by atoms with van der Waals surface area (Å²) in [4.78, 5) is 0. The first-order valence-corrected chi connectivity index (χ1v) is 6.10. The second kappa shape index (κ2) is 5.32. The van der Waals surface area contributed by atoms with Gasteiger partial charge in [0, 0.05) is 0 Å². The zero-order valence-electron chi connectivity index (χ0n) is 9.49. The summed E-state index contributed by atoms with van der Waals surface area (Å²) in [6.07, 6.45) is 7.02. The van der Waals surface area contributed by atoms with Gasteiger partial charge in [-0.2, -0.15) is 0 Å². The molecule has 0 saturated carbocycles. The van der Waals surface area contributed by atoms with Crippen LogP contribution in [-0.2, 0) is 4.74 Å². The van der Waals surface area contributed by atoms with Gasteiger partial charge in [-0.3, -0.25) is 0 Å². The third-order valence-electron chi connectivity index (χ3n) is 3.13. The van der Waals surface area contributed by atoms with Gasteiger partial charge in [-0.25, -0.2) is 0 Å². The van der Waals surface area contributed by atoms with Crippen LogP contribution in [0.4, 0.5) is 0 Å². The molecule has 0 unspecified atom stereocenters. The van der Waals surface area contributed by atoms with Crippen LogP contribution in [0.2, 0.25) is 0 Å². The lowest BCUT2D eigenvalue weighted by molar-refractivity contribution is -0.0550. The van der Waals surface area contributed by atoms with E-state index in [9.17, 15) is 0 Å². The van der Waals surface area contributed by atoms with E-state index in [0.717, 1.165) is 0 Å². The van der Waals surface area contributed by atoms with Crippen molar-refractivity contribution in [3.05, 3.63) is 35.9 Å². The standard InChI is InChI=1S/C14H20O/c1-2-7-13-10-6-11-14(15-13)12-8-4-3-5-9-12/h3-5,8-9,13-14H,2,6-7,10-11H2,1H3/t13-,14-/m0/s1. The zero-order chi connectivity index (χ0) is 10.5.